The van der Waals surface area contributed by atoms with Crippen LogP contribution in [0.2, 0.25) is 0 Å². The predicted octanol–water partition coefficient (Wildman–Crippen LogP) is 13.6. The Hall–Kier alpha value is -8.38. The van der Waals surface area contributed by atoms with Gasteiger partial charge >= 0.3 is 6.03 Å². The number of aromatic hydroxyl groups is 2. The number of urea groups is 1. The molecule has 12 heteroatoms. The smallest absolute Gasteiger partial charge is 0.323 e. The largest absolute Gasteiger partial charge is 0.507 e. The van der Waals surface area contributed by atoms with Crippen LogP contribution in [0.25, 0.3) is 22.3 Å². The first kappa shape index (κ1) is 53.4. The molecule has 4 aliphatic rings. The third kappa shape index (κ3) is 12.0. The Morgan fingerprint density at radius 3 is 1.42 bits per heavy atom. The third-order valence-corrected chi connectivity index (χ3v) is 15.2. The highest BCUT2D eigenvalue weighted by Crippen LogP contribution is 2.49. The second kappa shape index (κ2) is 24.5. The van der Waals surface area contributed by atoms with E-state index in [1.807, 2.05) is 103 Å². The molecule has 2 amide bonds. The van der Waals surface area contributed by atoms with E-state index >= 15 is 0 Å². The van der Waals surface area contributed by atoms with Crippen molar-refractivity contribution in [2.75, 3.05) is 10.6 Å². The number of anilines is 2. The van der Waals surface area contributed by atoms with Gasteiger partial charge in [0.2, 0.25) is 0 Å². The van der Waals surface area contributed by atoms with Crippen molar-refractivity contribution in [1.29, 1.82) is 0 Å². The molecule has 4 aliphatic carbocycles. The van der Waals surface area contributed by atoms with Gasteiger partial charge in [-0.3, -0.25) is 9.59 Å². The van der Waals surface area contributed by atoms with Crippen LogP contribution >= 0.6 is 0 Å². The average Bonchev–Trinajstić information content (AvgIpc) is 3.44. The van der Waals surface area contributed by atoms with Crippen molar-refractivity contribution in [1.82, 2.24) is 0 Å². The zero-order valence-electron chi connectivity index (χ0n) is 42.9. The molecule has 0 bridgehead atoms. The summed E-state index contributed by atoms with van der Waals surface area (Å²) in [5.41, 5.74) is 28.7. The van der Waals surface area contributed by atoms with Gasteiger partial charge in [0, 0.05) is 33.6 Å². The number of phenols is 2. The normalized spacial score (nSPS) is 14.0. The Morgan fingerprint density at radius 2 is 0.922 bits per heavy atom. The van der Waals surface area contributed by atoms with Crippen molar-refractivity contribution < 1.29 is 34.1 Å². The molecule has 0 aromatic heterocycles. The zero-order valence-corrected chi connectivity index (χ0v) is 42.9. The molecule has 7 aromatic rings. The molecule has 11 rings (SSSR count). The fraction of sp³-hybridized carbons (Fsp3) is 0.292. The molecule has 396 valence electrons. The maximum Gasteiger partial charge on any atom is 0.323 e. The summed E-state index contributed by atoms with van der Waals surface area (Å²) >= 11 is 0. The zero-order chi connectivity index (χ0) is 52.5. The van der Waals surface area contributed by atoms with E-state index in [0.717, 1.165) is 177 Å². The van der Waals surface area contributed by atoms with E-state index in [0.29, 0.717) is 40.5 Å². The Balaban J connectivity index is 0.000000188. The number of hydrogen-bond donors (Lipinski definition) is 6. The van der Waals surface area contributed by atoms with Gasteiger partial charge in [-0.1, -0.05) is 62.0 Å². The summed E-state index contributed by atoms with van der Waals surface area (Å²) in [4.78, 5) is 40.5. The summed E-state index contributed by atoms with van der Waals surface area (Å²) in [6.07, 6.45) is 17.8. The van der Waals surface area contributed by atoms with E-state index in [2.05, 4.69) is 27.8 Å². The number of carbonyl (C=O) groups is 3. The van der Waals surface area contributed by atoms with Gasteiger partial charge in [0.25, 0.3) is 0 Å². The number of carbonyl (C=O) groups excluding carboxylic acids is 3. The number of para-hydroxylation sites is 1. The molecule has 0 unspecified atom stereocenters. The Labute approximate surface area is 451 Å². The molecule has 12 nitrogen and oxygen atoms in total. The second-order valence-electron chi connectivity index (χ2n) is 20.3. The summed E-state index contributed by atoms with van der Waals surface area (Å²) in [7, 11) is 0. The van der Waals surface area contributed by atoms with Crippen molar-refractivity contribution in [3.63, 3.8) is 0 Å². The Kier molecular flexibility index (Phi) is 17.0. The number of aliphatic imine (C=N–C) groups is 1. The van der Waals surface area contributed by atoms with Crippen LogP contribution in [0.5, 0.6) is 23.0 Å². The van der Waals surface area contributed by atoms with Gasteiger partial charge in [0.05, 0.1) is 16.8 Å². The molecule has 0 fully saturated rings. The van der Waals surface area contributed by atoms with Crippen molar-refractivity contribution in [2.24, 2.45) is 16.5 Å². The fourth-order valence-electron chi connectivity index (χ4n) is 11.7. The second-order valence-corrected chi connectivity index (χ2v) is 20.3. The summed E-state index contributed by atoms with van der Waals surface area (Å²) in [6, 6.07) is 36.2. The first-order valence-corrected chi connectivity index (χ1v) is 26.8. The van der Waals surface area contributed by atoms with Crippen LogP contribution in [-0.2, 0) is 64.6 Å². The number of aryl methyl sites for hydroxylation is 4. The summed E-state index contributed by atoms with van der Waals surface area (Å²) in [5, 5.41) is 28.4. The number of aldehydes is 2. The Morgan fingerprint density at radius 1 is 0.494 bits per heavy atom. The topological polar surface area (TPSA) is 199 Å². The molecular formula is C65H69N5O7. The highest BCUT2D eigenvalue weighted by atomic mass is 16.5. The standard InChI is InChI=1S/C35H34N2O4.C29H31N3O3.CH4/c38-21-26-20-25-11-5-7-16-30(25)33(34(26)39)32-29-15-6-4-10-24(29)17-18-31(32)41-22-23-9-8-14-28(19-23)37-35(40)36-27-12-2-1-3-13-27;30-29(31)32-22-9-5-6-18(14-22)17-35-25-13-12-19-7-1-3-10-23(19)26(25)27-24-11-4-2-8-20(24)15-21(16-33)28(27)34;/h1-3,8-9,12-14,17-21,39H,4-7,10-11,15-16,22H2,(H2,36,37,40);5-6,9,12-16,34H,1-4,7-8,10-11,17H2,(H4,30,31,32);1H4. The number of guanidine groups is 1. The SMILES string of the molecule is C.NC(N)=Nc1cccc(COc2ccc3c(c2-c2c(O)c(C=O)cc4c2CCCC4)CCCC3)c1.O=Cc1cc2c(c(-c3c(OCc4cccc(NC(=O)Nc5ccccc5)c4)ccc4c3CCCC4)c1O)CCCC2. The molecule has 0 atom stereocenters. The van der Waals surface area contributed by atoms with E-state index in [1.54, 1.807) is 0 Å². The van der Waals surface area contributed by atoms with Crippen LogP contribution in [-0.4, -0.2) is 34.8 Å². The minimum Gasteiger partial charge on any atom is -0.507 e. The number of benzene rings is 7. The number of hydrogen-bond acceptors (Lipinski definition) is 8. The Bertz CT molecular complexity index is 3350. The minimum absolute atomic E-state index is 0. The molecule has 0 saturated carbocycles. The quantitative estimate of drug-likeness (QED) is 0.0370. The maximum absolute atomic E-state index is 12.5. The predicted molar refractivity (Wildman–Crippen MR) is 307 cm³/mol. The van der Waals surface area contributed by atoms with Crippen molar-refractivity contribution >= 4 is 41.6 Å². The van der Waals surface area contributed by atoms with Crippen LogP contribution in [0.3, 0.4) is 0 Å². The first-order chi connectivity index (χ1) is 37.1. The van der Waals surface area contributed by atoms with Gasteiger partial charge in [0.1, 0.15) is 36.2 Å². The monoisotopic (exact) mass is 1030 g/mol. The van der Waals surface area contributed by atoms with Crippen LogP contribution in [0, 0.1) is 0 Å². The molecular weight excluding hydrogens is 963 g/mol. The molecule has 77 heavy (non-hydrogen) atoms. The van der Waals surface area contributed by atoms with E-state index < -0.39 is 0 Å². The number of nitrogens with two attached hydrogens (primary N) is 2. The van der Waals surface area contributed by atoms with Gasteiger partial charge in [-0.2, -0.15) is 0 Å². The summed E-state index contributed by atoms with van der Waals surface area (Å²) in [5.74, 6) is 1.57. The molecule has 8 N–H and O–H groups in total. The third-order valence-electron chi connectivity index (χ3n) is 15.2. The number of amides is 2. The summed E-state index contributed by atoms with van der Waals surface area (Å²) in [6.45, 7) is 0.619. The number of nitrogens with zero attached hydrogens (tertiary/aromatic N) is 1. The minimum atomic E-state index is -0.318. The number of rotatable bonds is 13. The van der Waals surface area contributed by atoms with Crippen molar-refractivity contribution in [2.45, 2.75) is 123 Å². The lowest BCUT2D eigenvalue weighted by atomic mass is 9.79. The summed E-state index contributed by atoms with van der Waals surface area (Å²) < 4.78 is 12.9. The fourth-order valence-corrected chi connectivity index (χ4v) is 11.7. The maximum atomic E-state index is 12.5. The van der Waals surface area contributed by atoms with Crippen LogP contribution < -0.4 is 31.6 Å². The first-order valence-electron chi connectivity index (χ1n) is 26.8. The van der Waals surface area contributed by atoms with E-state index in [1.165, 1.54) is 22.3 Å². The number of phenolic OH excluding ortho intramolecular Hbond substituents is 2. The lowest BCUT2D eigenvalue weighted by Gasteiger charge is -2.27. The van der Waals surface area contributed by atoms with Crippen molar-refractivity contribution in [3.05, 3.63) is 182 Å². The van der Waals surface area contributed by atoms with Gasteiger partial charge < -0.3 is 41.8 Å². The molecule has 0 radical (unpaired) electrons. The van der Waals surface area contributed by atoms with E-state index in [9.17, 15) is 24.6 Å². The van der Waals surface area contributed by atoms with Crippen LogP contribution in [0.4, 0.5) is 21.9 Å². The number of nitrogens with one attached hydrogen (secondary N) is 2. The van der Waals surface area contributed by atoms with E-state index in [4.69, 9.17) is 20.9 Å². The number of ether oxygens (including phenoxy) is 2. The van der Waals surface area contributed by atoms with Crippen molar-refractivity contribution in [3.8, 4) is 45.3 Å². The van der Waals surface area contributed by atoms with Gasteiger partial charge in [-0.25, -0.2) is 9.79 Å². The van der Waals surface area contributed by atoms with Gasteiger partial charge in [-0.15, -0.1) is 0 Å². The number of fused-ring (bicyclic) bond motifs is 4. The molecule has 0 spiro atoms. The van der Waals surface area contributed by atoms with E-state index in [-0.39, 0.29) is 37.5 Å². The molecule has 0 heterocycles. The highest BCUT2D eigenvalue weighted by Gasteiger charge is 2.30. The van der Waals surface area contributed by atoms with Crippen LogP contribution in [0.15, 0.2) is 120 Å². The van der Waals surface area contributed by atoms with Crippen LogP contribution in [0.1, 0.15) is 135 Å². The molecule has 0 saturated heterocycles. The lowest BCUT2D eigenvalue weighted by molar-refractivity contribution is 0.111. The highest BCUT2D eigenvalue weighted by molar-refractivity contribution is 6.00. The average molecular weight is 1030 g/mol. The molecule has 0 aliphatic heterocycles. The van der Waals surface area contributed by atoms with Gasteiger partial charge in [-0.05, 0) is 219 Å². The van der Waals surface area contributed by atoms with Gasteiger partial charge in [0.15, 0.2) is 18.5 Å². The lowest BCUT2D eigenvalue weighted by Crippen LogP contribution is -2.21. The molecule has 7 aromatic carbocycles.